The third-order valence-corrected chi connectivity index (χ3v) is 7.44. The Labute approximate surface area is 193 Å². The van der Waals surface area contributed by atoms with E-state index in [0.717, 1.165) is 16.2 Å². The fourth-order valence-electron chi connectivity index (χ4n) is 3.02. The molecule has 0 unspecified atom stereocenters. The summed E-state index contributed by atoms with van der Waals surface area (Å²) >= 11 is 1.55. The largest absolute Gasteiger partial charge is 0.494 e. The number of hydrogen-bond donors (Lipinski definition) is 1. The lowest BCUT2D eigenvalue weighted by Crippen LogP contribution is -2.27. The van der Waals surface area contributed by atoms with Crippen molar-refractivity contribution in [3.05, 3.63) is 83.9 Å². The van der Waals surface area contributed by atoms with Crippen molar-refractivity contribution in [3.63, 3.8) is 0 Å². The Morgan fingerprint density at radius 3 is 2.16 bits per heavy atom. The lowest BCUT2D eigenvalue weighted by molar-refractivity contribution is 0.0951. The number of carbonyl (C=O) groups excluding carboxylic acids is 1. The number of nitrogens with zero attached hydrogens (tertiary/aromatic N) is 1. The molecule has 1 amide bonds. The van der Waals surface area contributed by atoms with Gasteiger partial charge in [0.15, 0.2) is 0 Å². The number of carbonyl (C=O) groups is 1. The molecule has 3 rings (SSSR count). The maximum absolute atomic E-state index is 12.9. The third-order valence-electron chi connectivity index (χ3n) is 4.90. The van der Waals surface area contributed by atoms with Gasteiger partial charge >= 0.3 is 0 Å². The van der Waals surface area contributed by atoms with Crippen LogP contribution in [0.1, 0.15) is 22.8 Å². The predicted octanol–water partition coefficient (Wildman–Crippen LogP) is 4.56. The quantitative estimate of drug-likeness (QED) is 0.464. The average Bonchev–Trinajstić information content (AvgIpc) is 2.83. The summed E-state index contributed by atoms with van der Waals surface area (Å²) in [7, 11) is -2.19. The lowest BCUT2D eigenvalue weighted by Gasteiger charge is -2.20. The second-order valence-electron chi connectivity index (χ2n) is 6.95. The van der Waals surface area contributed by atoms with Crippen LogP contribution in [-0.2, 0) is 16.6 Å². The molecule has 0 saturated heterocycles. The van der Waals surface area contributed by atoms with E-state index in [0.29, 0.717) is 24.4 Å². The molecule has 1 N–H and O–H groups in total. The predicted molar refractivity (Wildman–Crippen MR) is 129 cm³/mol. The molecule has 0 atom stereocenters. The normalized spacial score (nSPS) is 11.1. The highest BCUT2D eigenvalue weighted by Gasteiger charge is 2.21. The van der Waals surface area contributed by atoms with Crippen molar-refractivity contribution in [2.45, 2.75) is 23.3 Å². The standard InChI is InChI=1S/C24H26N2O4S2/c1-4-30-21-11-5-18(6-12-21)17-25-24(27)19-7-9-20(10-8-19)26(2)32(28,29)23-15-13-22(31-3)14-16-23/h5-16H,4,17H2,1-3H3,(H,25,27). The van der Waals surface area contributed by atoms with E-state index in [9.17, 15) is 13.2 Å². The van der Waals surface area contributed by atoms with E-state index in [1.54, 1.807) is 60.3 Å². The molecule has 0 radical (unpaired) electrons. The Bertz CT molecular complexity index is 1140. The number of benzene rings is 3. The molecule has 168 valence electrons. The van der Waals surface area contributed by atoms with Crippen LogP contribution in [0.5, 0.6) is 5.75 Å². The van der Waals surface area contributed by atoms with E-state index < -0.39 is 10.0 Å². The maximum Gasteiger partial charge on any atom is 0.264 e. The van der Waals surface area contributed by atoms with Gasteiger partial charge in [0.2, 0.25) is 0 Å². The van der Waals surface area contributed by atoms with Crippen LogP contribution in [0.25, 0.3) is 0 Å². The first-order valence-electron chi connectivity index (χ1n) is 10.1. The van der Waals surface area contributed by atoms with Crippen LogP contribution >= 0.6 is 11.8 Å². The van der Waals surface area contributed by atoms with Gasteiger partial charge in [0.1, 0.15) is 5.75 Å². The summed E-state index contributed by atoms with van der Waals surface area (Å²) < 4.78 is 32.4. The van der Waals surface area contributed by atoms with Crippen molar-refractivity contribution in [2.75, 3.05) is 24.2 Å². The van der Waals surface area contributed by atoms with Crippen LogP contribution in [0.3, 0.4) is 0 Å². The molecule has 0 aliphatic heterocycles. The van der Waals surface area contributed by atoms with E-state index in [-0.39, 0.29) is 10.8 Å². The lowest BCUT2D eigenvalue weighted by atomic mass is 10.1. The highest BCUT2D eigenvalue weighted by atomic mass is 32.2. The topological polar surface area (TPSA) is 75.7 Å². The zero-order chi connectivity index (χ0) is 23.1. The Morgan fingerprint density at radius 1 is 0.969 bits per heavy atom. The Kier molecular flexibility index (Phi) is 7.82. The average molecular weight is 471 g/mol. The van der Waals surface area contributed by atoms with Crippen molar-refractivity contribution in [3.8, 4) is 5.75 Å². The van der Waals surface area contributed by atoms with Crippen molar-refractivity contribution in [2.24, 2.45) is 0 Å². The molecule has 6 nitrogen and oxygen atoms in total. The van der Waals surface area contributed by atoms with Crippen molar-refractivity contribution < 1.29 is 17.9 Å². The Morgan fingerprint density at radius 2 is 1.59 bits per heavy atom. The number of nitrogens with one attached hydrogen (secondary N) is 1. The second kappa shape index (κ2) is 10.6. The summed E-state index contributed by atoms with van der Waals surface area (Å²) in [5, 5.41) is 2.87. The van der Waals surface area contributed by atoms with Crippen molar-refractivity contribution in [1.29, 1.82) is 0 Å². The smallest absolute Gasteiger partial charge is 0.264 e. The molecule has 0 aliphatic rings. The minimum Gasteiger partial charge on any atom is -0.494 e. The SMILES string of the molecule is CCOc1ccc(CNC(=O)c2ccc(N(C)S(=O)(=O)c3ccc(SC)cc3)cc2)cc1. The van der Waals surface area contributed by atoms with E-state index in [2.05, 4.69) is 5.32 Å². The molecule has 3 aromatic carbocycles. The van der Waals surface area contributed by atoms with Gasteiger partial charge < -0.3 is 10.1 Å². The summed E-state index contributed by atoms with van der Waals surface area (Å²) in [4.78, 5) is 13.7. The number of amides is 1. The van der Waals surface area contributed by atoms with Gasteiger partial charge in [-0.05, 0) is 79.4 Å². The van der Waals surface area contributed by atoms with E-state index in [1.165, 1.54) is 11.4 Å². The molecule has 0 saturated carbocycles. The number of thioether (sulfide) groups is 1. The number of sulfonamides is 1. The van der Waals surface area contributed by atoms with Crippen LogP contribution in [0, 0.1) is 0 Å². The fourth-order valence-corrected chi connectivity index (χ4v) is 4.63. The molecule has 32 heavy (non-hydrogen) atoms. The second-order valence-corrected chi connectivity index (χ2v) is 9.80. The summed E-state index contributed by atoms with van der Waals surface area (Å²) in [6.07, 6.45) is 1.94. The summed E-state index contributed by atoms with van der Waals surface area (Å²) in [6.45, 7) is 2.91. The number of rotatable bonds is 9. The van der Waals surface area contributed by atoms with Crippen LogP contribution in [0.2, 0.25) is 0 Å². The molecule has 0 fully saturated rings. The van der Waals surface area contributed by atoms with Gasteiger partial charge in [0.25, 0.3) is 15.9 Å². The van der Waals surface area contributed by atoms with Gasteiger partial charge in [-0.2, -0.15) is 0 Å². The molecule has 0 bridgehead atoms. The van der Waals surface area contributed by atoms with Crippen LogP contribution < -0.4 is 14.4 Å². The van der Waals surface area contributed by atoms with E-state index >= 15 is 0 Å². The zero-order valence-electron chi connectivity index (χ0n) is 18.2. The molecule has 3 aromatic rings. The minimum absolute atomic E-state index is 0.218. The first-order chi connectivity index (χ1) is 15.3. The summed E-state index contributed by atoms with van der Waals surface area (Å²) in [6, 6.07) is 20.8. The number of hydrogen-bond acceptors (Lipinski definition) is 5. The van der Waals surface area contributed by atoms with Crippen LogP contribution in [0.15, 0.2) is 82.6 Å². The highest BCUT2D eigenvalue weighted by Crippen LogP contribution is 2.24. The molecule has 0 heterocycles. The van der Waals surface area contributed by atoms with Gasteiger partial charge in [0.05, 0.1) is 17.2 Å². The molecule has 8 heteroatoms. The molecule has 0 aromatic heterocycles. The van der Waals surface area contributed by atoms with Crippen LogP contribution in [0.4, 0.5) is 5.69 Å². The van der Waals surface area contributed by atoms with Gasteiger partial charge in [-0.3, -0.25) is 9.10 Å². The van der Waals surface area contributed by atoms with Gasteiger partial charge in [-0.15, -0.1) is 11.8 Å². The fraction of sp³-hybridized carbons (Fsp3) is 0.208. The van der Waals surface area contributed by atoms with Gasteiger partial charge in [-0.25, -0.2) is 8.42 Å². The van der Waals surface area contributed by atoms with Crippen LogP contribution in [-0.4, -0.2) is 34.2 Å². The Hall–Kier alpha value is -2.97. The van der Waals surface area contributed by atoms with E-state index in [4.69, 9.17) is 4.74 Å². The minimum atomic E-state index is -3.69. The molecule has 0 aliphatic carbocycles. The summed E-state index contributed by atoms with van der Waals surface area (Å²) in [5.41, 5.74) is 1.88. The van der Waals surface area contributed by atoms with E-state index in [1.807, 2.05) is 37.4 Å². The Balaban J connectivity index is 1.64. The molecular formula is C24H26N2O4S2. The first kappa shape index (κ1) is 23.7. The van der Waals surface area contributed by atoms with Crippen molar-refractivity contribution in [1.82, 2.24) is 5.32 Å². The third kappa shape index (κ3) is 5.63. The zero-order valence-corrected chi connectivity index (χ0v) is 19.9. The summed E-state index contributed by atoms with van der Waals surface area (Å²) in [5.74, 6) is 0.557. The first-order valence-corrected chi connectivity index (χ1v) is 12.7. The van der Waals surface area contributed by atoms with Gasteiger partial charge in [-0.1, -0.05) is 12.1 Å². The highest BCUT2D eigenvalue weighted by molar-refractivity contribution is 7.98. The number of ether oxygens (including phenoxy) is 1. The van der Waals surface area contributed by atoms with Crippen molar-refractivity contribution >= 4 is 33.4 Å². The van der Waals surface area contributed by atoms with Gasteiger partial charge in [0, 0.05) is 24.1 Å². The number of anilines is 1. The monoisotopic (exact) mass is 470 g/mol. The molecular weight excluding hydrogens is 444 g/mol. The molecule has 0 spiro atoms. The maximum atomic E-state index is 12.9.